The highest BCUT2D eigenvalue weighted by molar-refractivity contribution is 5.76. The number of carbonyl (C=O) groups is 1. The maximum absolute atomic E-state index is 14.6. The summed E-state index contributed by atoms with van der Waals surface area (Å²) in [6.07, 6.45) is 12.2. The zero-order chi connectivity index (χ0) is 31.0. The third-order valence-corrected chi connectivity index (χ3v) is 10.3. The monoisotopic (exact) mass is 608 g/mol. The molecule has 0 radical (unpaired) electrons. The smallest absolute Gasteiger partial charge is 0.217 e. The van der Waals surface area contributed by atoms with Crippen LogP contribution >= 0.6 is 0 Å². The average molecular weight is 609 g/mol. The Bertz CT molecular complexity index is 1610. The second kappa shape index (κ2) is 12.4. The highest BCUT2D eigenvalue weighted by Gasteiger charge is 2.44. The summed E-state index contributed by atoms with van der Waals surface area (Å²) in [7, 11) is 0. The number of ether oxygens (including phenoxy) is 1. The molecule has 2 aromatic carbocycles. The van der Waals surface area contributed by atoms with Crippen LogP contribution in [0.25, 0.3) is 11.1 Å². The first-order valence-corrected chi connectivity index (χ1v) is 16.4. The predicted molar refractivity (Wildman–Crippen MR) is 171 cm³/mol. The molecule has 4 aliphatic rings. The van der Waals surface area contributed by atoms with Crippen LogP contribution in [0.4, 0.5) is 10.2 Å². The van der Waals surface area contributed by atoms with Gasteiger partial charge in [0.25, 0.3) is 0 Å². The zero-order valence-electron chi connectivity index (χ0n) is 26.0. The van der Waals surface area contributed by atoms with Gasteiger partial charge in [0.1, 0.15) is 17.9 Å². The number of benzene rings is 2. The maximum Gasteiger partial charge on any atom is 0.217 e. The molecule has 1 unspecified atom stereocenters. The van der Waals surface area contributed by atoms with Gasteiger partial charge in [-0.15, -0.1) is 0 Å². The maximum atomic E-state index is 14.6. The van der Waals surface area contributed by atoms with Gasteiger partial charge >= 0.3 is 0 Å². The number of halogens is 1. The number of nitrogens with one attached hydrogen (secondary N) is 1. The van der Waals surface area contributed by atoms with Crippen molar-refractivity contribution in [2.75, 3.05) is 37.6 Å². The summed E-state index contributed by atoms with van der Waals surface area (Å²) in [5, 5.41) is 12.6. The van der Waals surface area contributed by atoms with E-state index < -0.39 is 0 Å². The molecule has 4 fully saturated rings. The molecule has 7 rings (SSSR count). The van der Waals surface area contributed by atoms with Gasteiger partial charge in [-0.3, -0.25) is 4.79 Å². The van der Waals surface area contributed by atoms with Crippen LogP contribution in [0.2, 0.25) is 0 Å². The molecule has 1 atom stereocenters. The Labute approximate surface area is 264 Å². The van der Waals surface area contributed by atoms with Gasteiger partial charge in [0, 0.05) is 50.1 Å². The number of aromatic nitrogens is 2. The Morgan fingerprint density at radius 3 is 2.64 bits per heavy atom. The fourth-order valence-electron chi connectivity index (χ4n) is 7.92. The van der Waals surface area contributed by atoms with Crippen molar-refractivity contribution in [1.82, 2.24) is 20.2 Å². The van der Waals surface area contributed by atoms with E-state index in [1.807, 2.05) is 12.1 Å². The van der Waals surface area contributed by atoms with Crippen LogP contribution in [-0.4, -0.2) is 59.5 Å². The van der Waals surface area contributed by atoms with Crippen molar-refractivity contribution in [3.05, 3.63) is 65.9 Å². The van der Waals surface area contributed by atoms with E-state index in [4.69, 9.17) is 4.74 Å². The number of rotatable bonds is 8. The number of hydrogen-bond donors (Lipinski definition) is 1. The summed E-state index contributed by atoms with van der Waals surface area (Å²) >= 11 is 0. The molecule has 3 heterocycles. The van der Waals surface area contributed by atoms with Crippen LogP contribution in [0.1, 0.15) is 75.3 Å². The van der Waals surface area contributed by atoms with Crippen molar-refractivity contribution in [3.8, 4) is 28.7 Å². The van der Waals surface area contributed by atoms with Crippen molar-refractivity contribution in [1.29, 1.82) is 5.26 Å². The van der Waals surface area contributed by atoms with E-state index in [1.165, 1.54) is 31.4 Å². The molecule has 234 valence electrons. The van der Waals surface area contributed by atoms with E-state index in [0.29, 0.717) is 40.5 Å². The quantitative estimate of drug-likeness (QED) is 0.315. The van der Waals surface area contributed by atoms with Crippen LogP contribution in [0, 0.1) is 28.5 Å². The molecule has 45 heavy (non-hydrogen) atoms. The van der Waals surface area contributed by atoms with Gasteiger partial charge in [-0.1, -0.05) is 6.07 Å². The van der Waals surface area contributed by atoms with Crippen LogP contribution in [-0.2, 0) is 4.79 Å². The number of likely N-dealkylation sites (tertiary alicyclic amines) is 1. The largest absolute Gasteiger partial charge is 0.451 e. The summed E-state index contributed by atoms with van der Waals surface area (Å²) in [4.78, 5) is 25.4. The first-order valence-electron chi connectivity index (χ1n) is 16.4. The molecule has 2 aliphatic heterocycles. The Balaban J connectivity index is 1.05. The van der Waals surface area contributed by atoms with Gasteiger partial charge in [0.2, 0.25) is 5.91 Å². The number of hydrogen-bond acceptors (Lipinski definition) is 7. The van der Waals surface area contributed by atoms with E-state index >= 15 is 0 Å². The molecule has 1 aromatic heterocycles. The van der Waals surface area contributed by atoms with E-state index in [0.717, 1.165) is 81.8 Å². The van der Waals surface area contributed by atoms with Gasteiger partial charge in [-0.05, 0) is 111 Å². The predicted octanol–water partition coefficient (Wildman–Crippen LogP) is 6.42. The summed E-state index contributed by atoms with van der Waals surface area (Å²) in [6.45, 7) is 6.80. The van der Waals surface area contributed by atoms with Gasteiger partial charge < -0.3 is 19.9 Å². The standard InChI is InChI=1S/C36H41FN6O2/c1-24(44)41-29-8-2-25(3-9-29)20-42-14-12-36(21-42)13-15-43(22-36)35-34(19-39-23-40-35)45-33-11-7-28(37)17-32(33)30-10-4-26(18-38)16-31(30)27-5-6-27/h4,7,10-11,16-17,19,23,25,27,29H,2-3,5-6,8-9,12-15,20-22H2,1H3,(H,41,44)/t25-,29-,36?. The molecule has 0 bridgehead atoms. The lowest BCUT2D eigenvalue weighted by molar-refractivity contribution is -0.119. The van der Waals surface area contributed by atoms with E-state index in [1.54, 1.807) is 31.6 Å². The van der Waals surface area contributed by atoms with Gasteiger partial charge in [-0.25, -0.2) is 14.4 Å². The lowest BCUT2D eigenvalue weighted by atomic mass is 9.85. The molecule has 9 heteroatoms. The van der Waals surface area contributed by atoms with Gasteiger partial charge in [0.15, 0.2) is 11.6 Å². The molecular formula is C36H41FN6O2. The average Bonchev–Trinajstić information content (AvgIpc) is 3.71. The second-order valence-electron chi connectivity index (χ2n) is 13.7. The summed E-state index contributed by atoms with van der Waals surface area (Å²) in [6, 6.07) is 12.9. The first kappa shape index (κ1) is 29.7. The van der Waals surface area contributed by atoms with Crippen LogP contribution < -0.4 is 15.0 Å². The Morgan fingerprint density at radius 1 is 1.04 bits per heavy atom. The molecule has 8 nitrogen and oxygen atoms in total. The minimum atomic E-state index is -0.332. The fraction of sp³-hybridized carbons (Fsp3) is 0.500. The highest BCUT2D eigenvalue weighted by atomic mass is 19.1. The van der Waals surface area contributed by atoms with Gasteiger partial charge in [-0.2, -0.15) is 5.26 Å². The normalized spacial score (nSPS) is 25.0. The summed E-state index contributed by atoms with van der Waals surface area (Å²) in [5.41, 5.74) is 3.49. The minimum absolute atomic E-state index is 0.0788. The molecule has 2 saturated heterocycles. The van der Waals surface area contributed by atoms with Crippen molar-refractivity contribution in [3.63, 3.8) is 0 Å². The molecule has 3 aromatic rings. The number of amides is 1. The third kappa shape index (κ3) is 6.53. The van der Waals surface area contributed by atoms with Crippen LogP contribution in [0.15, 0.2) is 48.9 Å². The number of nitrogens with zero attached hydrogens (tertiary/aromatic N) is 5. The van der Waals surface area contributed by atoms with Crippen molar-refractivity contribution >= 4 is 11.7 Å². The van der Waals surface area contributed by atoms with E-state index in [9.17, 15) is 14.4 Å². The van der Waals surface area contributed by atoms with E-state index in [-0.39, 0.29) is 17.1 Å². The van der Waals surface area contributed by atoms with Crippen LogP contribution in [0.5, 0.6) is 11.5 Å². The zero-order valence-corrected chi connectivity index (χ0v) is 26.0. The highest BCUT2D eigenvalue weighted by Crippen LogP contribution is 2.48. The lowest BCUT2D eigenvalue weighted by Crippen LogP contribution is -2.39. The van der Waals surface area contributed by atoms with Crippen molar-refractivity contribution < 1.29 is 13.9 Å². The molecule has 2 saturated carbocycles. The van der Waals surface area contributed by atoms with Crippen LogP contribution in [0.3, 0.4) is 0 Å². The van der Waals surface area contributed by atoms with E-state index in [2.05, 4.69) is 31.2 Å². The summed E-state index contributed by atoms with van der Waals surface area (Å²) < 4.78 is 21.2. The Morgan fingerprint density at radius 2 is 1.87 bits per heavy atom. The second-order valence-corrected chi connectivity index (χ2v) is 13.7. The molecule has 2 aliphatic carbocycles. The molecule has 1 spiro atoms. The minimum Gasteiger partial charge on any atom is -0.451 e. The number of nitriles is 1. The number of anilines is 1. The lowest BCUT2D eigenvalue weighted by Gasteiger charge is -2.32. The summed E-state index contributed by atoms with van der Waals surface area (Å²) in [5.74, 6) is 2.71. The fourth-order valence-corrected chi connectivity index (χ4v) is 7.92. The Kier molecular flexibility index (Phi) is 8.17. The van der Waals surface area contributed by atoms with Crippen molar-refractivity contribution in [2.45, 2.75) is 70.3 Å². The molecule has 1 N–H and O–H groups in total. The molecular weight excluding hydrogens is 567 g/mol. The van der Waals surface area contributed by atoms with Gasteiger partial charge in [0.05, 0.1) is 17.8 Å². The third-order valence-electron chi connectivity index (χ3n) is 10.3. The van der Waals surface area contributed by atoms with Crippen molar-refractivity contribution in [2.24, 2.45) is 11.3 Å². The SMILES string of the molecule is CC(=O)N[C@H]1CC[C@H](CN2CCC3(CCN(c4ncncc4Oc4ccc(F)cc4-c4ccc(C#N)cc4C4CC4)C3)C2)CC1. The first-order chi connectivity index (χ1) is 21.9. The Hall–Kier alpha value is -4.03. The molecule has 1 amide bonds. The number of carbonyl (C=O) groups excluding carboxylic acids is 1. The topological polar surface area (TPSA) is 94.4 Å².